The predicted molar refractivity (Wildman–Crippen MR) is 92.1 cm³/mol. The van der Waals surface area contributed by atoms with E-state index in [9.17, 15) is 4.79 Å². The molecule has 0 N–H and O–H groups in total. The van der Waals surface area contributed by atoms with Crippen molar-refractivity contribution in [3.8, 4) is 11.1 Å². The molecular formula is C18H20N2OS. The summed E-state index contributed by atoms with van der Waals surface area (Å²) in [5.74, 6) is 1.28. The Morgan fingerprint density at radius 1 is 1.32 bits per heavy atom. The van der Waals surface area contributed by atoms with E-state index in [1.54, 1.807) is 6.20 Å². The van der Waals surface area contributed by atoms with Gasteiger partial charge in [0.15, 0.2) is 0 Å². The smallest absolute Gasteiger partial charge is 0.254 e. The van der Waals surface area contributed by atoms with E-state index < -0.39 is 0 Å². The first-order valence-corrected chi connectivity index (χ1v) is 8.92. The summed E-state index contributed by atoms with van der Waals surface area (Å²) in [6.45, 7) is 3.61. The molecule has 0 radical (unpaired) electrons. The minimum atomic E-state index is 0.186. The Hall–Kier alpha value is -1.81. The third kappa shape index (κ3) is 2.88. The number of hydrogen-bond donors (Lipinski definition) is 0. The van der Waals surface area contributed by atoms with Gasteiger partial charge in [0, 0.05) is 36.6 Å². The molecule has 114 valence electrons. The Kier molecular flexibility index (Phi) is 4.48. The Balaban J connectivity index is 1.88. The fourth-order valence-electron chi connectivity index (χ4n) is 3.01. The van der Waals surface area contributed by atoms with Crippen molar-refractivity contribution in [3.05, 3.63) is 53.3 Å². The number of thioether (sulfide) groups is 1. The fourth-order valence-corrected chi connectivity index (χ4v) is 3.42. The molecule has 0 unspecified atom stereocenters. The molecule has 0 spiro atoms. The topological polar surface area (TPSA) is 33.2 Å². The zero-order valence-electron chi connectivity index (χ0n) is 13.0. The second-order valence-electron chi connectivity index (χ2n) is 5.64. The molecule has 22 heavy (non-hydrogen) atoms. The number of aromatic nitrogens is 1. The number of fused-ring (bicyclic) bond motifs is 1. The third-order valence-electron chi connectivity index (χ3n) is 4.05. The standard InChI is InChI=1S/C18H20N2OS/c1-13-9-15(14-5-3-6-19-11-14)10-16-12-20(7-4-8-22-2)18(21)17(13)16/h3,5-6,9-11H,4,7-8,12H2,1-2H3. The summed E-state index contributed by atoms with van der Waals surface area (Å²) in [6.07, 6.45) is 6.80. The molecule has 3 nitrogen and oxygen atoms in total. The van der Waals surface area contributed by atoms with Gasteiger partial charge in [0.2, 0.25) is 0 Å². The Morgan fingerprint density at radius 2 is 2.18 bits per heavy atom. The van der Waals surface area contributed by atoms with Crippen molar-refractivity contribution in [2.75, 3.05) is 18.6 Å². The monoisotopic (exact) mass is 312 g/mol. The van der Waals surface area contributed by atoms with Crippen LogP contribution in [0.15, 0.2) is 36.7 Å². The number of benzene rings is 1. The van der Waals surface area contributed by atoms with Crippen molar-refractivity contribution < 1.29 is 4.79 Å². The highest BCUT2D eigenvalue weighted by atomic mass is 32.2. The maximum atomic E-state index is 12.6. The summed E-state index contributed by atoms with van der Waals surface area (Å²) >= 11 is 1.83. The Bertz CT molecular complexity index is 685. The van der Waals surface area contributed by atoms with Gasteiger partial charge in [-0.15, -0.1) is 0 Å². The van der Waals surface area contributed by atoms with Gasteiger partial charge in [0.25, 0.3) is 5.91 Å². The molecule has 0 saturated carbocycles. The lowest BCUT2D eigenvalue weighted by Gasteiger charge is -2.14. The molecule has 0 saturated heterocycles. The van der Waals surface area contributed by atoms with E-state index in [0.717, 1.165) is 53.1 Å². The van der Waals surface area contributed by atoms with Crippen molar-refractivity contribution in [1.82, 2.24) is 9.88 Å². The van der Waals surface area contributed by atoms with Crippen molar-refractivity contribution in [2.45, 2.75) is 19.9 Å². The Morgan fingerprint density at radius 3 is 2.91 bits per heavy atom. The van der Waals surface area contributed by atoms with Crippen LogP contribution in [0.3, 0.4) is 0 Å². The lowest BCUT2D eigenvalue weighted by molar-refractivity contribution is 0.0778. The molecule has 2 aromatic rings. The van der Waals surface area contributed by atoms with Crippen molar-refractivity contribution in [2.24, 2.45) is 0 Å². The van der Waals surface area contributed by atoms with E-state index in [1.165, 1.54) is 0 Å². The highest BCUT2D eigenvalue weighted by Crippen LogP contribution is 2.31. The zero-order valence-corrected chi connectivity index (χ0v) is 13.8. The summed E-state index contributed by atoms with van der Waals surface area (Å²) in [5, 5.41) is 0. The molecule has 1 aromatic heterocycles. The second kappa shape index (κ2) is 6.53. The molecule has 1 aliphatic rings. The van der Waals surface area contributed by atoms with Crippen LogP contribution in [0.4, 0.5) is 0 Å². The number of pyridine rings is 1. The molecule has 2 heterocycles. The molecular weight excluding hydrogens is 292 g/mol. The first-order chi connectivity index (χ1) is 10.7. The van der Waals surface area contributed by atoms with E-state index in [4.69, 9.17) is 0 Å². The largest absolute Gasteiger partial charge is 0.334 e. The maximum absolute atomic E-state index is 12.6. The van der Waals surface area contributed by atoms with Crippen molar-refractivity contribution in [1.29, 1.82) is 0 Å². The van der Waals surface area contributed by atoms with Crippen LogP contribution < -0.4 is 0 Å². The lowest BCUT2D eigenvalue weighted by atomic mass is 9.97. The molecule has 1 aliphatic heterocycles. The van der Waals surface area contributed by atoms with E-state index in [1.807, 2.05) is 35.8 Å². The Labute approximate surface area is 135 Å². The number of rotatable bonds is 5. The summed E-state index contributed by atoms with van der Waals surface area (Å²) in [5.41, 5.74) is 5.35. The average molecular weight is 312 g/mol. The molecule has 0 aliphatic carbocycles. The first kappa shape index (κ1) is 15.1. The number of nitrogens with zero attached hydrogens (tertiary/aromatic N) is 2. The van der Waals surface area contributed by atoms with Crippen LogP contribution in [-0.4, -0.2) is 34.3 Å². The van der Waals surface area contributed by atoms with Gasteiger partial charge in [0.1, 0.15) is 0 Å². The number of amides is 1. The highest BCUT2D eigenvalue weighted by molar-refractivity contribution is 7.98. The summed E-state index contributed by atoms with van der Waals surface area (Å²) < 4.78 is 0. The fraction of sp³-hybridized carbons (Fsp3) is 0.333. The maximum Gasteiger partial charge on any atom is 0.254 e. The molecule has 1 aromatic carbocycles. The summed E-state index contributed by atoms with van der Waals surface area (Å²) in [6, 6.07) is 8.24. The quantitative estimate of drug-likeness (QED) is 0.788. The lowest BCUT2D eigenvalue weighted by Crippen LogP contribution is -2.25. The number of carbonyl (C=O) groups is 1. The van der Waals surface area contributed by atoms with Gasteiger partial charge in [-0.25, -0.2) is 0 Å². The SMILES string of the molecule is CSCCCN1Cc2cc(-c3cccnc3)cc(C)c2C1=O. The van der Waals surface area contributed by atoms with Crippen LogP contribution in [0.5, 0.6) is 0 Å². The van der Waals surface area contributed by atoms with E-state index in [-0.39, 0.29) is 5.91 Å². The van der Waals surface area contributed by atoms with Crippen LogP contribution in [-0.2, 0) is 6.54 Å². The van der Waals surface area contributed by atoms with Crippen LogP contribution in [0, 0.1) is 6.92 Å². The van der Waals surface area contributed by atoms with Gasteiger partial charge in [-0.3, -0.25) is 9.78 Å². The normalized spacial score (nSPS) is 13.5. The number of aryl methyl sites for hydroxylation is 1. The first-order valence-electron chi connectivity index (χ1n) is 7.53. The minimum absolute atomic E-state index is 0.186. The number of hydrogen-bond acceptors (Lipinski definition) is 3. The summed E-state index contributed by atoms with van der Waals surface area (Å²) in [4.78, 5) is 18.7. The zero-order chi connectivity index (χ0) is 15.5. The van der Waals surface area contributed by atoms with Crippen LogP contribution in [0.2, 0.25) is 0 Å². The molecule has 0 bridgehead atoms. The van der Waals surface area contributed by atoms with E-state index >= 15 is 0 Å². The molecule has 0 fully saturated rings. The second-order valence-corrected chi connectivity index (χ2v) is 6.63. The van der Waals surface area contributed by atoms with Gasteiger partial charge in [0.05, 0.1) is 0 Å². The molecule has 0 atom stereocenters. The third-order valence-corrected chi connectivity index (χ3v) is 4.75. The van der Waals surface area contributed by atoms with E-state index in [0.29, 0.717) is 0 Å². The van der Waals surface area contributed by atoms with Crippen molar-refractivity contribution in [3.63, 3.8) is 0 Å². The van der Waals surface area contributed by atoms with Crippen LogP contribution in [0.1, 0.15) is 27.9 Å². The molecule has 4 heteroatoms. The minimum Gasteiger partial charge on any atom is -0.334 e. The molecule has 1 amide bonds. The van der Waals surface area contributed by atoms with Crippen LogP contribution >= 0.6 is 11.8 Å². The number of carbonyl (C=O) groups excluding carboxylic acids is 1. The van der Waals surface area contributed by atoms with Gasteiger partial charge in [-0.2, -0.15) is 11.8 Å². The van der Waals surface area contributed by atoms with Gasteiger partial charge in [-0.05, 0) is 54.2 Å². The van der Waals surface area contributed by atoms with Gasteiger partial charge in [-0.1, -0.05) is 12.1 Å². The van der Waals surface area contributed by atoms with Gasteiger partial charge >= 0.3 is 0 Å². The van der Waals surface area contributed by atoms with Crippen LogP contribution in [0.25, 0.3) is 11.1 Å². The highest BCUT2D eigenvalue weighted by Gasteiger charge is 2.29. The predicted octanol–water partition coefficient (Wildman–Crippen LogP) is 3.77. The average Bonchev–Trinajstić information content (AvgIpc) is 2.85. The summed E-state index contributed by atoms with van der Waals surface area (Å²) in [7, 11) is 0. The van der Waals surface area contributed by atoms with E-state index in [2.05, 4.69) is 29.4 Å². The van der Waals surface area contributed by atoms with Gasteiger partial charge < -0.3 is 4.90 Å². The molecule has 3 rings (SSSR count). The van der Waals surface area contributed by atoms with Crippen molar-refractivity contribution >= 4 is 17.7 Å².